The van der Waals surface area contributed by atoms with Crippen molar-refractivity contribution in [2.24, 2.45) is 0 Å². The molecule has 0 aliphatic heterocycles. The van der Waals surface area contributed by atoms with Crippen LogP contribution in [0.15, 0.2) is 28.7 Å². The highest BCUT2D eigenvalue weighted by molar-refractivity contribution is 6.30. The van der Waals surface area contributed by atoms with Gasteiger partial charge in [-0.3, -0.25) is 0 Å². The van der Waals surface area contributed by atoms with Crippen LogP contribution >= 0.6 is 11.6 Å². The van der Waals surface area contributed by atoms with Crippen LogP contribution in [-0.4, -0.2) is 22.9 Å². The first-order valence-electron chi connectivity index (χ1n) is 5.22. The molecule has 0 bridgehead atoms. The van der Waals surface area contributed by atoms with Gasteiger partial charge < -0.3 is 9.15 Å². The number of nitrogens with zero attached hydrogens (tertiary/aromatic N) is 2. The Morgan fingerprint density at radius 2 is 2.11 bits per heavy atom. The number of rotatable bonds is 3. The van der Waals surface area contributed by atoms with E-state index in [4.69, 9.17) is 16.0 Å². The SMILES string of the molecule is CCOC(=O)Nc1nnc(-c2ccc(Cl)cc2)o1. The van der Waals surface area contributed by atoms with Crippen LogP contribution in [-0.2, 0) is 4.74 Å². The Kier molecular flexibility index (Phi) is 3.78. The normalized spacial score (nSPS) is 10.1. The summed E-state index contributed by atoms with van der Waals surface area (Å²) in [5.41, 5.74) is 0.712. The van der Waals surface area contributed by atoms with E-state index in [2.05, 4.69) is 20.3 Å². The van der Waals surface area contributed by atoms with Crippen molar-refractivity contribution in [3.05, 3.63) is 29.3 Å². The summed E-state index contributed by atoms with van der Waals surface area (Å²) in [4.78, 5) is 11.1. The average molecular weight is 268 g/mol. The predicted octanol–water partition coefficient (Wildman–Crippen LogP) is 2.96. The van der Waals surface area contributed by atoms with Gasteiger partial charge in [-0.05, 0) is 31.2 Å². The first-order chi connectivity index (χ1) is 8.69. The summed E-state index contributed by atoms with van der Waals surface area (Å²) in [5, 5.41) is 10.4. The molecule has 1 N–H and O–H groups in total. The predicted molar refractivity (Wildman–Crippen MR) is 65.4 cm³/mol. The lowest BCUT2D eigenvalue weighted by atomic mass is 10.2. The van der Waals surface area contributed by atoms with Crippen LogP contribution < -0.4 is 5.32 Å². The zero-order chi connectivity index (χ0) is 13.0. The molecule has 2 rings (SSSR count). The number of hydrogen-bond acceptors (Lipinski definition) is 5. The van der Waals surface area contributed by atoms with Crippen LogP contribution in [0.2, 0.25) is 5.02 Å². The maximum absolute atomic E-state index is 11.1. The molecule has 0 aliphatic rings. The summed E-state index contributed by atoms with van der Waals surface area (Å²) in [6.45, 7) is 1.97. The van der Waals surface area contributed by atoms with Gasteiger partial charge >= 0.3 is 12.1 Å². The van der Waals surface area contributed by atoms with Crippen molar-refractivity contribution >= 4 is 23.7 Å². The van der Waals surface area contributed by atoms with Gasteiger partial charge in [-0.25, -0.2) is 10.1 Å². The molecule has 0 saturated carbocycles. The number of halogens is 1. The van der Waals surface area contributed by atoms with E-state index in [9.17, 15) is 4.79 Å². The highest BCUT2D eigenvalue weighted by Gasteiger charge is 2.11. The summed E-state index contributed by atoms with van der Waals surface area (Å²) in [7, 11) is 0. The summed E-state index contributed by atoms with van der Waals surface area (Å²) in [6.07, 6.45) is -0.635. The van der Waals surface area contributed by atoms with Gasteiger partial charge in [-0.15, -0.1) is 5.10 Å². The number of hydrogen-bond donors (Lipinski definition) is 1. The van der Waals surface area contributed by atoms with E-state index < -0.39 is 6.09 Å². The largest absolute Gasteiger partial charge is 0.450 e. The second kappa shape index (κ2) is 5.50. The number of carbonyl (C=O) groups is 1. The van der Waals surface area contributed by atoms with Crippen molar-refractivity contribution < 1.29 is 13.9 Å². The molecule has 0 spiro atoms. The summed E-state index contributed by atoms with van der Waals surface area (Å²) in [5.74, 6) is 0.290. The van der Waals surface area contributed by atoms with Crippen LogP contribution in [0.4, 0.5) is 10.8 Å². The Morgan fingerprint density at radius 1 is 1.39 bits per heavy atom. The molecular formula is C11H10ClN3O3. The van der Waals surface area contributed by atoms with Crippen LogP contribution in [0.5, 0.6) is 0 Å². The van der Waals surface area contributed by atoms with Gasteiger partial charge in [0.2, 0.25) is 5.89 Å². The number of amides is 1. The minimum Gasteiger partial charge on any atom is -0.450 e. The summed E-state index contributed by atoms with van der Waals surface area (Å²) < 4.78 is 9.93. The molecule has 7 heteroatoms. The highest BCUT2D eigenvalue weighted by atomic mass is 35.5. The summed E-state index contributed by atoms with van der Waals surface area (Å²) >= 11 is 5.77. The quantitative estimate of drug-likeness (QED) is 0.925. The lowest BCUT2D eigenvalue weighted by Crippen LogP contribution is -2.13. The number of benzene rings is 1. The van der Waals surface area contributed by atoms with Crippen LogP contribution in [0.3, 0.4) is 0 Å². The van der Waals surface area contributed by atoms with Gasteiger partial charge in [0.25, 0.3) is 0 Å². The summed E-state index contributed by atoms with van der Waals surface area (Å²) in [6, 6.07) is 6.88. The molecular weight excluding hydrogens is 258 g/mol. The van der Waals surface area contributed by atoms with Crippen molar-refractivity contribution in [3.63, 3.8) is 0 Å². The van der Waals surface area contributed by atoms with E-state index in [0.717, 1.165) is 0 Å². The first kappa shape index (κ1) is 12.4. The Hall–Kier alpha value is -2.08. The van der Waals surface area contributed by atoms with E-state index >= 15 is 0 Å². The van der Waals surface area contributed by atoms with E-state index in [1.165, 1.54) is 0 Å². The third-order valence-corrected chi connectivity index (χ3v) is 2.25. The Morgan fingerprint density at radius 3 is 2.78 bits per heavy atom. The fraction of sp³-hybridized carbons (Fsp3) is 0.182. The number of nitrogens with one attached hydrogen (secondary N) is 1. The molecule has 1 heterocycles. The van der Waals surface area contributed by atoms with E-state index in [0.29, 0.717) is 16.5 Å². The molecule has 6 nitrogen and oxygen atoms in total. The molecule has 0 unspecified atom stereocenters. The molecule has 94 valence electrons. The third kappa shape index (κ3) is 2.98. The van der Waals surface area contributed by atoms with Crippen molar-refractivity contribution in [2.45, 2.75) is 6.92 Å². The lowest BCUT2D eigenvalue weighted by Gasteiger charge is -1.99. The minimum atomic E-state index is -0.635. The van der Waals surface area contributed by atoms with E-state index in [-0.39, 0.29) is 12.6 Å². The number of anilines is 1. The van der Waals surface area contributed by atoms with Crippen molar-refractivity contribution in [1.82, 2.24) is 10.2 Å². The molecule has 0 aliphatic carbocycles. The molecule has 0 fully saturated rings. The standard InChI is InChI=1S/C11H10ClN3O3/c1-2-17-11(16)13-10-15-14-9(18-10)7-3-5-8(12)6-4-7/h3-6H,2H2,1H3,(H,13,15,16). The van der Waals surface area contributed by atoms with Crippen LogP contribution in [0.1, 0.15) is 6.92 Å². The van der Waals surface area contributed by atoms with Crippen molar-refractivity contribution in [1.29, 1.82) is 0 Å². The van der Waals surface area contributed by atoms with Crippen LogP contribution in [0, 0.1) is 0 Å². The van der Waals surface area contributed by atoms with E-state index in [1.807, 2.05) is 0 Å². The fourth-order valence-corrected chi connectivity index (χ4v) is 1.36. The van der Waals surface area contributed by atoms with E-state index in [1.54, 1.807) is 31.2 Å². The van der Waals surface area contributed by atoms with Gasteiger partial charge in [0.1, 0.15) is 0 Å². The Labute approximate surface area is 108 Å². The first-order valence-corrected chi connectivity index (χ1v) is 5.60. The lowest BCUT2D eigenvalue weighted by molar-refractivity contribution is 0.167. The Balaban J connectivity index is 2.10. The minimum absolute atomic E-state index is 0.0154. The maximum atomic E-state index is 11.1. The number of carbonyl (C=O) groups excluding carboxylic acids is 1. The second-order valence-corrected chi connectivity index (χ2v) is 3.70. The van der Waals surface area contributed by atoms with Crippen molar-refractivity contribution in [2.75, 3.05) is 11.9 Å². The monoisotopic (exact) mass is 267 g/mol. The van der Waals surface area contributed by atoms with Crippen molar-refractivity contribution in [3.8, 4) is 11.5 Å². The molecule has 1 amide bonds. The zero-order valence-electron chi connectivity index (χ0n) is 9.51. The van der Waals surface area contributed by atoms with Gasteiger partial charge in [-0.2, -0.15) is 0 Å². The van der Waals surface area contributed by atoms with Crippen LogP contribution in [0.25, 0.3) is 11.5 Å². The van der Waals surface area contributed by atoms with Gasteiger partial charge in [-0.1, -0.05) is 16.7 Å². The molecule has 1 aromatic carbocycles. The molecule has 0 atom stereocenters. The topological polar surface area (TPSA) is 77.2 Å². The number of aromatic nitrogens is 2. The van der Waals surface area contributed by atoms with Gasteiger partial charge in [0.05, 0.1) is 6.61 Å². The van der Waals surface area contributed by atoms with Gasteiger partial charge in [0, 0.05) is 10.6 Å². The average Bonchev–Trinajstić information content (AvgIpc) is 2.78. The molecule has 0 radical (unpaired) electrons. The zero-order valence-corrected chi connectivity index (χ0v) is 10.3. The third-order valence-electron chi connectivity index (χ3n) is 2.00. The maximum Gasteiger partial charge on any atom is 0.415 e. The molecule has 1 aromatic heterocycles. The second-order valence-electron chi connectivity index (χ2n) is 3.26. The smallest absolute Gasteiger partial charge is 0.415 e. The fourth-order valence-electron chi connectivity index (χ4n) is 1.24. The molecule has 18 heavy (non-hydrogen) atoms. The highest BCUT2D eigenvalue weighted by Crippen LogP contribution is 2.21. The molecule has 2 aromatic rings. The molecule has 0 saturated heterocycles. The number of ether oxygens (including phenoxy) is 1. The Bertz CT molecular complexity index is 539. The van der Waals surface area contributed by atoms with Gasteiger partial charge in [0.15, 0.2) is 0 Å².